The predicted octanol–water partition coefficient (Wildman–Crippen LogP) is 5.02. The fourth-order valence-electron chi connectivity index (χ4n) is 3.34. The van der Waals surface area contributed by atoms with Gasteiger partial charge in [-0.15, -0.1) is 0 Å². The van der Waals surface area contributed by atoms with Gasteiger partial charge in [0.15, 0.2) is 0 Å². The van der Waals surface area contributed by atoms with E-state index in [0.29, 0.717) is 13.2 Å². The molecule has 150 valence electrons. The summed E-state index contributed by atoms with van der Waals surface area (Å²) in [5.74, 6) is 0.930. The Morgan fingerprint density at radius 3 is 2.07 bits per heavy atom. The quantitative estimate of drug-likeness (QED) is 0.475. The van der Waals surface area contributed by atoms with E-state index < -0.39 is 0 Å². The largest absolute Gasteiger partial charge is 0.497 e. The zero-order valence-electron chi connectivity index (χ0n) is 17.6. The second-order valence-corrected chi connectivity index (χ2v) is 8.33. The molecular formula is C23H31BO4. The Hall–Kier alpha value is -1.82. The van der Waals surface area contributed by atoms with Crippen molar-refractivity contribution in [2.24, 2.45) is 0 Å². The average molecular weight is 382 g/mol. The molecule has 1 unspecified atom stereocenters. The summed E-state index contributed by atoms with van der Waals surface area (Å²) in [7, 11) is 1.37. The van der Waals surface area contributed by atoms with Crippen molar-refractivity contribution in [3.05, 3.63) is 65.7 Å². The molecule has 3 rings (SSSR count). The van der Waals surface area contributed by atoms with Crippen LogP contribution >= 0.6 is 0 Å². The van der Waals surface area contributed by atoms with Crippen molar-refractivity contribution in [3.63, 3.8) is 0 Å². The molecule has 1 saturated heterocycles. The summed E-state index contributed by atoms with van der Waals surface area (Å²) >= 11 is 0. The van der Waals surface area contributed by atoms with Gasteiger partial charge in [0.2, 0.25) is 0 Å². The molecule has 0 amide bonds. The fraction of sp³-hybridized carbons (Fsp3) is 0.478. The number of hydrogen-bond donors (Lipinski definition) is 0. The number of methoxy groups -OCH3 is 1. The third-order valence-electron chi connectivity index (χ3n) is 5.83. The summed E-state index contributed by atoms with van der Waals surface area (Å²) in [6.45, 7) is 9.59. The van der Waals surface area contributed by atoms with Gasteiger partial charge in [-0.25, -0.2) is 0 Å². The summed E-state index contributed by atoms with van der Waals surface area (Å²) in [5, 5.41) is 0. The lowest BCUT2D eigenvalue weighted by molar-refractivity contribution is 0.00578. The van der Waals surface area contributed by atoms with Gasteiger partial charge in [-0.2, -0.15) is 0 Å². The van der Waals surface area contributed by atoms with Crippen LogP contribution in [0.25, 0.3) is 0 Å². The summed E-state index contributed by atoms with van der Waals surface area (Å²) in [4.78, 5) is 0. The highest BCUT2D eigenvalue weighted by Crippen LogP contribution is 2.41. The van der Waals surface area contributed by atoms with Gasteiger partial charge in [0.1, 0.15) is 5.75 Å². The Balaban J connectivity index is 1.69. The molecule has 1 atom stereocenters. The summed E-state index contributed by atoms with van der Waals surface area (Å²) < 4.78 is 23.9. The Labute approximate surface area is 169 Å². The SMILES string of the molecule is COc1ccc(C(CCOCc2ccccc2)B2OC(C)(C)C(C)(C)O2)cc1. The molecule has 1 aliphatic rings. The van der Waals surface area contributed by atoms with E-state index in [0.717, 1.165) is 12.2 Å². The van der Waals surface area contributed by atoms with Crippen LogP contribution in [0.3, 0.4) is 0 Å². The van der Waals surface area contributed by atoms with Crippen molar-refractivity contribution in [2.75, 3.05) is 13.7 Å². The third kappa shape index (κ3) is 4.77. The molecule has 1 heterocycles. The van der Waals surface area contributed by atoms with E-state index in [1.54, 1.807) is 7.11 Å². The normalized spacial score (nSPS) is 18.8. The molecule has 2 aromatic carbocycles. The lowest BCUT2D eigenvalue weighted by atomic mass is 9.66. The molecule has 4 nitrogen and oxygen atoms in total. The van der Waals surface area contributed by atoms with Crippen LogP contribution in [-0.4, -0.2) is 32.0 Å². The van der Waals surface area contributed by atoms with Crippen LogP contribution < -0.4 is 4.74 Å². The van der Waals surface area contributed by atoms with Crippen molar-refractivity contribution in [1.82, 2.24) is 0 Å². The lowest BCUT2D eigenvalue weighted by Crippen LogP contribution is -2.41. The fourth-order valence-corrected chi connectivity index (χ4v) is 3.34. The first-order valence-electron chi connectivity index (χ1n) is 9.94. The highest BCUT2D eigenvalue weighted by Gasteiger charge is 2.53. The van der Waals surface area contributed by atoms with Gasteiger partial charge < -0.3 is 18.8 Å². The van der Waals surface area contributed by atoms with Crippen LogP contribution in [-0.2, 0) is 20.7 Å². The van der Waals surface area contributed by atoms with Crippen LogP contribution in [0.2, 0.25) is 0 Å². The molecule has 1 aliphatic heterocycles. The van der Waals surface area contributed by atoms with Crippen LogP contribution in [0.15, 0.2) is 54.6 Å². The zero-order chi connectivity index (χ0) is 20.2. The number of rotatable bonds is 8. The molecular weight excluding hydrogens is 351 g/mol. The van der Waals surface area contributed by atoms with E-state index in [4.69, 9.17) is 18.8 Å². The van der Waals surface area contributed by atoms with Crippen molar-refractivity contribution in [1.29, 1.82) is 0 Å². The minimum atomic E-state index is -0.354. The summed E-state index contributed by atoms with van der Waals surface area (Å²) in [6, 6.07) is 18.4. The second kappa shape index (κ2) is 8.68. The standard InChI is InChI=1S/C23H31BO4/c1-22(2)23(3,4)28-24(27-22)21(19-11-13-20(25-5)14-12-19)15-16-26-17-18-9-7-6-8-10-18/h6-14,21H,15-17H2,1-5H3. The van der Waals surface area contributed by atoms with E-state index in [9.17, 15) is 0 Å². The van der Waals surface area contributed by atoms with E-state index in [-0.39, 0.29) is 24.1 Å². The maximum Gasteiger partial charge on any atom is 0.465 e. The molecule has 0 spiro atoms. The summed E-state index contributed by atoms with van der Waals surface area (Å²) in [6.07, 6.45) is 0.815. The predicted molar refractivity (Wildman–Crippen MR) is 113 cm³/mol. The number of ether oxygens (including phenoxy) is 2. The van der Waals surface area contributed by atoms with Gasteiger partial charge in [0, 0.05) is 12.4 Å². The highest BCUT2D eigenvalue weighted by molar-refractivity contribution is 6.47. The van der Waals surface area contributed by atoms with E-state index in [2.05, 4.69) is 52.0 Å². The third-order valence-corrected chi connectivity index (χ3v) is 5.83. The van der Waals surface area contributed by atoms with Crippen molar-refractivity contribution >= 4 is 7.12 Å². The molecule has 0 aliphatic carbocycles. The lowest BCUT2D eigenvalue weighted by Gasteiger charge is -2.32. The Morgan fingerprint density at radius 1 is 0.893 bits per heavy atom. The van der Waals surface area contributed by atoms with E-state index in [1.807, 2.05) is 30.3 Å². The molecule has 1 fully saturated rings. The first kappa shape index (κ1) is 20.9. The topological polar surface area (TPSA) is 36.9 Å². The minimum Gasteiger partial charge on any atom is -0.497 e. The number of hydrogen-bond acceptors (Lipinski definition) is 4. The molecule has 0 aromatic heterocycles. The van der Waals surface area contributed by atoms with Crippen LogP contribution in [0.5, 0.6) is 5.75 Å². The molecule has 2 aromatic rings. The monoisotopic (exact) mass is 382 g/mol. The van der Waals surface area contributed by atoms with Gasteiger partial charge >= 0.3 is 7.12 Å². The number of benzene rings is 2. The molecule has 0 bridgehead atoms. The first-order chi connectivity index (χ1) is 13.3. The van der Waals surface area contributed by atoms with Crippen molar-refractivity contribution < 1.29 is 18.8 Å². The molecule has 28 heavy (non-hydrogen) atoms. The first-order valence-corrected chi connectivity index (χ1v) is 9.94. The second-order valence-electron chi connectivity index (χ2n) is 8.33. The van der Waals surface area contributed by atoms with E-state index >= 15 is 0 Å². The molecule has 0 radical (unpaired) electrons. The minimum absolute atomic E-state index is 0.0859. The maximum atomic E-state index is 6.34. The molecule has 5 heteroatoms. The Morgan fingerprint density at radius 2 is 1.50 bits per heavy atom. The van der Waals surface area contributed by atoms with Gasteiger partial charge in [0.05, 0.1) is 24.9 Å². The van der Waals surface area contributed by atoms with Crippen molar-refractivity contribution in [3.8, 4) is 5.75 Å². The van der Waals surface area contributed by atoms with Gasteiger partial charge in [-0.05, 0) is 57.4 Å². The van der Waals surface area contributed by atoms with Gasteiger partial charge in [-0.3, -0.25) is 0 Å². The van der Waals surface area contributed by atoms with Crippen molar-refractivity contribution in [2.45, 2.75) is 57.7 Å². The summed E-state index contributed by atoms with van der Waals surface area (Å²) in [5.41, 5.74) is 1.64. The van der Waals surface area contributed by atoms with E-state index in [1.165, 1.54) is 11.1 Å². The van der Waals surface area contributed by atoms with Crippen LogP contribution in [0.1, 0.15) is 51.1 Å². The van der Waals surface area contributed by atoms with Crippen LogP contribution in [0, 0.1) is 0 Å². The Kier molecular flexibility index (Phi) is 6.48. The highest BCUT2D eigenvalue weighted by atomic mass is 16.7. The Bertz CT molecular complexity index is 727. The maximum absolute atomic E-state index is 6.34. The molecule has 0 N–H and O–H groups in total. The van der Waals surface area contributed by atoms with Gasteiger partial charge in [0.25, 0.3) is 0 Å². The average Bonchev–Trinajstić information content (AvgIpc) is 2.90. The zero-order valence-corrected chi connectivity index (χ0v) is 17.6. The van der Waals surface area contributed by atoms with Gasteiger partial charge in [-0.1, -0.05) is 42.5 Å². The molecule has 0 saturated carbocycles. The van der Waals surface area contributed by atoms with Crippen LogP contribution in [0.4, 0.5) is 0 Å². The smallest absolute Gasteiger partial charge is 0.465 e.